The predicted molar refractivity (Wildman–Crippen MR) is 106 cm³/mol. The normalized spacial score (nSPS) is 10.7. The molecule has 4 rings (SSSR count). The Bertz CT molecular complexity index is 1120. The zero-order valence-electron chi connectivity index (χ0n) is 15.1. The average molecular weight is 357 g/mol. The van der Waals surface area contributed by atoms with Crippen molar-refractivity contribution in [3.8, 4) is 17.0 Å². The van der Waals surface area contributed by atoms with Crippen LogP contribution in [0.3, 0.4) is 0 Å². The molecule has 0 fully saturated rings. The van der Waals surface area contributed by atoms with E-state index in [9.17, 15) is 4.79 Å². The number of carbonyl (C=O) groups is 1. The fourth-order valence-corrected chi connectivity index (χ4v) is 3.01. The maximum absolute atomic E-state index is 12.9. The summed E-state index contributed by atoms with van der Waals surface area (Å²) in [7, 11) is 1.58. The molecule has 0 aliphatic rings. The van der Waals surface area contributed by atoms with Crippen LogP contribution in [0.1, 0.15) is 15.9 Å². The number of hydrogen-bond acceptors (Lipinski definition) is 3. The van der Waals surface area contributed by atoms with Gasteiger partial charge in [0.05, 0.1) is 7.11 Å². The molecule has 0 unspecified atom stereocenters. The second kappa shape index (κ2) is 6.96. The molecule has 0 radical (unpaired) electrons. The number of ether oxygens (including phenoxy) is 1. The Balaban J connectivity index is 1.81. The Labute approximate surface area is 157 Å². The van der Waals surface area contributed by atoms with Crippen molar-refractivity contribution in [3.63, 3.8) is 0 Å². The molecule has 0 aliphatic carbocycles. The summed E-state index contributed by atoms with van der Waals surface area (Å²) in [6, 6.07) is 20.9. The average Bonchev–Trinajstić information content (AvgIpc) is 3.06. The highest BCUT2D eigenvalue weighted by Gasteiger charge is 2.17. The molecule has 134 valence electrons. The highest BCUT2D eigenvalue weighted by atomic mass is 16.5. The van der Waals surface area contributed by atoms with Crippen molar-refractivity contribution in [1.29, 1.82) is 0 Å². The van der Waals surface area contributed by atoms with Crippen LogP contribution in [0.15, 0.2) is 72.9 Å². The molecule has 1 amide bonds. The molecule has 1 N–H and O–H groups in total. The van der Waals surface area contributed by atoms with Gasteiger partial charge in [-0.15, -0.1) is 0 Å². The number of nitrogens with zero attached hydrogens (tertiary/aromatic N) is 2. The summed E-state index contributed by atoms with van der Waals surface area (Å²) in [5.74, 6) is 1.07. The molecule has 0 spiro atoms. The van der Waals surface area contributed by atoms with Gasteiger partial charge >= 0.3 is 0 Å². The number of pyridine rings is 1. The third kappa shape index (κ3) is 3.27. The third-order valence-corrected chi connectivity index (χ3v) is 4.38. The van der Waals surface area contributed by atoms with Crippen LogP contribution in [-0.2, 0) is 0 Å². The monoisotopic (exact) mass is 357 g/mol. The standard InChI is InChI=1S/C22H19N3O2/c1-15-11-12-19-23-20(16-7-4-3-5-8-16)21(25(19)14-15)24-22(26)17-9-6-10-18(13-17)27-2/h3-14H,1-2H3,(H,24,26). The van der Waals surface area contributed by atoms with Gasteiger partial charge in [0.2, 0.25) is 0 Å². The number of anilines is 1. The molecule has 2 aromatic heterocycles. The molecule has 2 heterocycles. The van der Waals surface area contributed by atoms with Gasteiger partial charge in [-0.2, -0.15) is 0 Å². The first kappa shape index (κ1) is 16.8. The van der Waals surface area contributed by atoms with E-state index < -0.39 is 0 Å². The number of carbonyl (C=O) groups excluding carboxylic acids is 1. The number of aromatic nitrogens is 2. The molecule has 0 atom stereocenters. The van der Waals surface area contributed by atoms with Crippen LogP contribution in [0.2, 0.25) is 0 Å². The van der Waals surface area contributed by atoms with E-state index in [0.29, 0.717) is 17.1 Å². The van der Waals surface area contributed by atoms with E-state index in [1.165, 1.54) is 0 Å². The number of imidazole rings is 1. The van der Waals surface area contributed by atoms with E-state index in [1.54, 1.807) is 25.3 Å². The molecular formula is C22H19N3O2. The maximum atomic E-state index is 12.9. The second-order valence-corrected chi connectivity index (χ2v) is 6.30. The summed E-state index contributed by atoms with van der Waals surface area (Å²) >= 11 is 0. The summed E-state index contributed by atoms with van der Waals surface area (Å²) in [6.07, 6.45) is 1.97. The number of nitrogens with one attached hydrogen (secondary N) is 1. The molecule has 0 aliphatic heterocycles. The molecule has 0 saturated carbocycles. The first-order chi connectivity index (χ1) is 13.2. The van der Waals surface area contributed by atoms with Crippen LogP contribution in [0, 0.1) is 6.92 Å². The topological polar surface area (TPSA) is 55.6 Å². The Kier molecular flexibility index (Phi) is 4.34. The number of methoxy groups -OCH3 is 1. The largest absolute Gasteiger partial charge is 0.497 e. The Morgan fingerprint density at radius 1 is 1.04 bits per heavy atom. The van der Waals surface area contributed by atoms with Gasteiger partial charge in [-0.1, -0.05) is 42.5 Å². The van der Waals surface area contributed by atoms with Gasteiger partial charge in [0.1, 0.15) is 22.9 Å². The molecular weight excluding hydrogens is 338 g/mol. The number of benzene rings is 2. The van der Waals surface area contributed by atoms with Crippen LogP contribution in [0.5, 0.6) is 5.75 Å². The van der Waals surface area contributed by atoms with Crippen molar-refractivity contribution in [2.24, 2.45) is 0 Å². The van der Waals surface area contributed by atoms with E-state index in [2.05, 4.69) is 5.32 Å². The lowest BCUT2D eigenvalue weighted by molar-refractivity contribution is 0.102. The first-order valence-electron chi connectivity index (χ1n) is 8.65. The first-order valence-corrected chi connectivity index (χ1v) is 8.65. The van der Waals surface area contributed by atoms with Gasteiger partial charge in [-0.05, 0) is 36.8 Å². The second-order valence-electron chi connectivity index (χ2n) is 6.30. The number of hydrogen-bond donors (Lipinski definition) is 1. The van der Waals surface area contributed by atoms with Crippen LogP contribution in [0.4, 0.5) is 5.82 Å². The minimum atomic E-state index is -0.214. The van der Waals surface area contributed by atoms with Gasteiger partial charge < -0.3 is 10.1 Å². The van der Waals surface area contributed by atoms with Crippen LogP contribution in [0.25, 0.3) is 16.9 Å². The lowest BCUT2D eigenvalue weighted by Gasteiger charge is -2.09. The van der Waals surface area contributed by atoms with Crippen molar-refractivity contribution in [2.45, 2.75) is 6.92 Å². The van der Waals surface area contributed by atoms with E-state index in [4.69, 9.17) is 9.72 Å². The SMILES string of the molecule is COc1cccc(C(=O)Nc2c(-c3ccccc3)nc3ccc(C)cn23)c1. The number of fused-ring (bicyclic) bond motifs is 1. The minimum absolute atomic E-state index is 0.214. The summed E-state index contributed by atoms with van der Waals surface area (Å²) in [4.78, 5) is 17.6. The van der Waals surface area contributed by atoms with Gasteiger partial charge in [0.25, 0.3) is 5.91 Å². The summed E-state index contributed by atoms with van der Waals surface area (Å²) in [5, 5.41) is 3.03. The lowest BCUT2D eigenvalue weighted by atomic mass is 10.1. The molecule has 2 aromatic carbocycles. The summed E-state index contributed by atoms with van der Waals surface area (Å²) in [6.45, 7) is 2.01. The molecule has 4 aromatic rings. The number of aryl methyl sites for hydroxylation is 1. The van der Waals surface area contributed by atoms with Crippen molar-refractivity contribution in [3.05, 3.63) is 84.1 Å². The highest BCUT2D eigenvalue weighted by Crippen LogP contribution is 2.29. The maximum Gasteiger partial charge on any atom is 0.256 e. The van der Waals surface area contributed by atoms with E-state index in [-0.39, 0.29) is 5.91 Å². The molecule has 5 heteroatoms. The van der Waals surface area contributed by atoms with E-state index in [0.717, 1.165) is 22.5 Å². The quantitative estimate of drug-likeness (QED) is 0.582. The number of rotatable bonds is 4. The van der Waals surface area contributed by atoms with Gasteiger partial charge in [0, 0.05) is 17.3 Å². The molecule has 5 nitrogen and oxygen atoms in total. The van der Waals surface area contributed by atoms with Gasteiger partial charge in [-0.25, -0.2) is 4.98 Å². The zero-order valence-corrected chi connectivity index (χ0v) is 15.1. The fourth-order valence-electron chi connectivity index (χ4n) is 3.01. The van der Waals surface area contributed by atoms with Crippen LogP contribution < -0.4 is 10.1 Å². The Morgan fingerprint density at radius 2 is 1.85 bits per heavy atom. The van der Waals surface area contributed by atoms with Gasteiger partial charge in [-0.3, -0.25) is 9.20 Å². The van der Waals surface area contributed by atoms with E-state index >= 15 is 0 Å². The van der Waals surface area contributed by atoms with Crippen LogP contribution >= 0.6 is 0 Å². The smallest absolute Gasteiger partial charge is 0.256 e. The highest BCUT2D eigenvalue weighted by molar-refractivity contribution is 6.06. The van der Waals surface area contributed by atoms with Gasteiger partial charge in [0.15, 0.2) is 0 Å². The predicted octanol–water partition coefficient (Wildman–Crippen LogP) is 4.57. The fraction of sp³-hybridized carbons (Fsp3) is 0.0909. The molecule has 0 saturated heterocycles. The molecule has 27 heavy (non-hydrogen) atoms. The molecule has 0 bridgehead atoms. The Hall–Kier alpha value is -3.60. The number of amides is 1. The third-order valence-electron chi connectivity index (χ3n) is 4.38. The van der Waals surface area contributed by atoms with Crippen molar-refractivity contribution in [2.75, 3.05) is 12.4 Å². The zero-order chi connectivity index (χ0) is 18.8. The van der Waals surface area contributed by atoms with Crippen molar-refractivity contribution in [1.82, 2.24) is 9.38 Å². The lowest BCUT2D eigenvalue weighted by Crippen LogP contribution is -2.14. The minimum Gasteiger partial charge on any atom is -0.497 e. The summed E-state index contributed by atoms with van der Waals surface area (Å²) in [5.41, 5.74) is 4.06. The Morgan fingerprint density at radius 3 is 2.63 bits per heavy atom. The van der Waals surface area contributed by atoms with Crippen molar-refractivity contribution >= 4 is 17.4 Å². The van der Waals surface area contributed by atoms with E-state index in [1.807, 2.05) is 66.1 Å². The summed E-state index contributed by atoms with van der Waals surface area (Å²) < 4.78 is 7.13. The van der Waals surface area contributed by atoms with Crippen molar-refractivity contribution < 1.29 is 9.53 Å². The van der Waals surface area contributed by atoms with Crippen LogP contribution in [-0.4, -0.2) is 22.4 Å².